The van der Waals surface area contributed by atoms with Crippen LogP contribution in [0.15, 0.2) is 54.9 Å². The molecule has 2 aromatic rings. The van der Waals surface area contributed by atoms with Gasteiger partial charge in [0.05, 0.1) is 5.69 Å². The van der Waals surface area contributed by atoms with Gasteiger partial charge in [0.25, 0.3) is 0 Å². The second kappa shape index (κ2) is 4.86. The predicted molar refractivity (Wildman–Crippen MR) is 76.4 cm³/mol. The standard InChI is InChI=1S/C16H16N2O/c1-12-7-9-17-16(11-12)18-10-8-15(19-2)13-5-3-4-6-14(13)18/h3-11,15H,1-2H3. The van der Waals surface area contributed by atoms with Gasteiger partial charge in [0.1, 0.15) is 11.9 Å². The largest absolute Gasteiger partial charge is 0.373 e. The van der Waals surface area contributed by atoms with Gasteiger partial charge in [0.2, 0.25) is 0 Å². The fourth-order valence-corrected chi connectivity index (χ4v) is 2.35. The van der Waals surface area contributed by atoms with E-state index in [1.807, 2.05) is 36.7 Å². The highest BCUT2D eigenvalue weighted by Crippen LogP contribution is 2.37. The molecule has 19 heavy (non-hydrogen) atoms. The second-order valence-corrected chi connectivity index (χ2v) is 4.62. The highest BCUT2D eigenvalue weighted by Gasteiger charge is 2.21. The van der Waals surface area contributed by atoms with Gasteiger partial charge in [-0.15, -0.1) is 0 Å². The van der Waals surface area contributed by atoms with E-state index in [-0.39, 0.29) is 6.10 Å². The average molecular weight is 252 g/mol. The summed E-state index contributed by atoms with van der Waals surface area (Å²) in [5.41, 5.74) is 3.48. The summed E-state index contributed by atoms with van der Waals surface area (Å²) >= 11 is 0. The highest BCUT2D eigenvalue weighted by atomic mass is 16.5. The number of anilines is 2. The van der Waals surface area contributed by atoms with Crippen molar-refractivity contribution < 1.29 is 4.74 Å². The summed E-state index contributed by atoms with van der Waals surface area (Å²) in [5, 5.41) is 0. The molecule has 2 heterocycles. The molecular weight excluding hydrogens is 236 g/mol. The van der Waals surface area contributed by atoms with Crippen molar-refractivity contribution in [2.45, 2.75) is 13.0 Å². The van der Waals surface area contributed by atoms with Gasteiger partial charge in [-0.25, -0.2) is 4.98 Å². The van der Waals surface area contributed by atoms with Crippen LogP contribution in [-0.2, 0) is 4.74 Å². The van der Waals surface area contributed by atoms with E-state index in [1.165, 1.54) is 5.56 Å². The molecule has 1 aliphatic heterocycles. The summed E-state index contributed by atoms with van der Waals surface area (Å²) < 4.78 is 5.49. The first kappa shape index (κ1) is 11.9. The lowest BCUT2D eigenvalue weighted by atomic mass is 10.0. The zero-order valence-electron chi connectivity index (χ0n) is 11.1. The Bertz CT molecular complexity index is 622. The quantitative estimate of drug-likeness (QED) is 0.814. The molecule has 3 nitrogen and oxygen atoms in total. The summed E-state index contributed by atoms with van der Waals surface area (Å²) in [6.07, 6.45) is 5.92. The first-order valence-electron chi connectivity index (χ1n) is 6.31. The zero-order chi connectivity index (χ0) is 13.2. The monoisotopic (exact) mass is 252 g/mol. The van der Waals surface area contributed by atoms with Crippen molar-refractivity contribution in [1.29, 1.82) is 0 Å². The number of methoxy groups -OCH3 is 1. The van der Waals surface area contributed by atoms with Gasteiger partial charge in [-0.05, 0) is 36.8 Å². The third kappa shape index (κ3) is 2.13. The smallest absolute Gasteiger partial charge is 0.137 e. The minimum absolute atomic E-state index is 0.0114. The van der Waals surface area contributed by atoms with Crippen molar-refractivity contribution in [3.63, 3.8) is 0 Å². The minimum atomic E-state index is 0.0114. The fourth-order valence-electron chi connectivity index (χ4n) is 2.35. The lowest BCUT2D eigenvalue weighted by molar-refractivity contribution is 0.142. The Morgan fingerprint density at radius 3 is 2.84 bits per heavy atom. The Hall–Kier alpha value is -2.13. The minimum Gasteiger partial charge on any atom is -0.373 e. The van der Waals surface area contributed by atoms with Crippen molar-refractivity contribution in [3.05, 3.63) is 66.0 Å². The maximum Gasteiger partial charge on any atom is 0.137 e. The molecule has 96 valence electrons. The first-order chi connectivity index (χ1) is 9.29. The summed E-state index contributed by atoms with van der Waals surface area (Å²) in [4.78, 5) is 6.54. The van der Waals surface area contributed by atoms with E-state index in [0.29, 0.717) is 0 Å². The van der Waals surface area contributed by atoms with Crippen molar-refractivity contribution in [1.82, 2.24) is 4.98 Å². The molecule has 0 N–H and O–H groups in total. The lowest BCUT2D eigenvalue weighted by Crippen LogP contribution is -2.18. The number of para-hydroxylation sites is 1. The van der Waals surface area contributed by atoms with Crippen molar-refractivity contribution in [2.24, 2.45) is 0 Å². The van der Waals surface area contributed by atoms with Crippen molar-refractivity contribution >= 4 is 11.5 Å². The first-order valence-corrected chi connectivity index (χ1v) is 6.31. The third-order valence-corrected chi connectivity index (χ3v) is 3.31. The Labute approximate surface area is 113 Å². The van der Waals surface area contributed by atoms with Crippen LogP contribution in [0, 0.1) is 6.92 Å². The predicted octanol–water partition coefficient (Wildman–Crippen LogP) is 3.74. The van der Waals surface area contributed by atoms with Crippen LogP contribution >= 0.6 is 0 Å². The maximum atomic E-state index is 5.49. The van der Waals surface area contributed by atoms with Crippen LogP contribution in [-0.4, -0.2) is 12.1 Å². The van der Waals surface area contributed by atoms with E-state index >= 15 is 0 Å². The molecule has 3 heteroatoms. The van der Waals surface area contributed by atoms with E-state index in [1.54, 1.807) is 7.11 Å². The van der Waals surface area contributed by atoms with E-state index < -0.39 is 0 Å². The van der Waals surface area contributed by atoms with Gasteiger partial charge in [-0.3, -0.25) is 0 Å². The molecule has 0 spiro atoms. The molecule has 1 atom stereocenters. The normalized spacial score (nSPS) is 17.4. The Balaban J connectivity index is 2.09. The topological polar surface area (TPSA) is 25.4 Å². The molecule has 3 rings (SSSR count). The molecule has 0 bridgehead atoms. The number of benzene rings is 1. The summed E-state index contributed by atoms with van der Waals surface area (Å²) in [6.45, 7) is 2.07. The molecule has 1 unspecified atom stereocenters. The van der Waals surface area contributed by atoms with Crippen molar-refractivity contribution in [2.75, 3.05) is 12.0 Å². The lowest BCUT2D eigenvalue weighted by Gasteiger charge is -2.29. The number of ether oxygens (including phenoxy) is 1. The SMILES string of the molecule is COC1C=CN(c2cc(C)ccn2)c2ccccc21. The molecule has 0 saturated carbocycles. The van der Waals surface area contributed by atoms with E-state index in [9.17, 15) is 0 Å². The van der Waals surface area contributed by atoms with Gasteiger partial charge < -0.3 is 9.64 Å². The number of aryl methyl sites for hydroxylation is 1. The number of aromatic nitrogens is 1. The third-order valence-electron chi connectivity index (χ3n) is 3.31. The molecule has 0 aliphatic carbocycles. The van der Waals surface area contributed by atoms with Gasteiger partial charge in [-0.1, -0.05) is 18.2 Å². The Morgan fingerprint density at radius 1 is 1.21 bits per heavy atom. The number of nitrogens with zero attached hydrogens (tertiary/aromatic N) is 2. The van der Waals surface area contributed by atoms with E-state index in [2.05, 4.69) is 35.0 Å². The highest BCUT2D eigenvalue weighted by molar-refractivity contribution is 5.69. The zero-order valence-corrected chi connectivity index (χ0v) is 11.1. The Kier molecular flexibility index (Phi) is 3.05. The summed E-state index contributed by atoms with van der Waals surface area (Å²) in [6, 6.07) is 12.3. The van der Waals surface area contributed by atoms with Gasteiger partial charge in [-0.2, -0.15) is 0 Å². The summed E-state index contributed by atoms with van der Waals surface area (Å²) in [7, 11) is 1.73. The summed E-state index contributed by atoms with van der Waals surface area (Å²) in [5.74, 6) is 0.929. The van der Waals surface area contributed by atoms with Crippen LogP contribution in [0.4, 0.5) is 11.5 Å². The molecule has 1 aromatic heterocycles. The molecule has 1 aromatic carbocycles. The molecule has 0 radical (unpaired) electrons. The van der Waals surface area contributed by atoms with Crippen LogP contribution in [0.25, 0.3) is 0 Å². The van der Waals surface area contributed by atoms with E-state index in [0.717, 1.165) is 17.1 Å². The maximum absolute atomic E-state index is 5.49. The van der Waals surface area contributed by atoms with Crippen LogP contribution < -0.4 is 4.90 Å². The van der Waals surface area contributed by atoms with Crippen LogP contribution in [0.3, 0.4) is 0 Å². The van der Waals surface area contributed by atoms with Gasteiger partial charge >= 0.3 is 0 Å². The van der Waals surface area contributed by atoms with Crippen LogP contribution in [0.2, 0.25) is 0 Å². The number of pyridine rings is 1. The molecule has 0 saturated heterocycles. The van der Waals surface area contributed by atoms with Gasteiger partial charge in [0.15, 0.2) is 0 Å². The van der Waals surface area contributed by atoms with E-state index in [4.69, 9.17) is 4.74 Å². The van der Waals surface area contributed by atoms with Crippen LogP contribution in [0.5, 0.6) is 0 Å². The number of fused-ring (bicyclic) bond motifs is 1. The molecule has 1 aliphatic rings. The average Bonchev–Trinajstić information content (AvgIpc) is 2.46. The molecule has 0 amide bonds. The van der Waals surface area contributed by atoms with Gasteiger partial charge in [0, 0.05) is 25.1 Å². The number of hydrogen-bond acceptors (Lipinski definition) is 3. The fraction of sp³-hybridized carbons (Fsp3) is 0.188. The van der Waals surface area contributed by atoms with Crippen LogP contribution in [0.1, 0.15) is 17.2 Å². The number of hydrogen-bond donors (Lipinski definition) is 0. The molecular formula is C16H16N2O. The van der Waals surface area contributed by atoms with Crippen molar-refractivity contribution in [3.8, 4) is 0 Å². The second-order valence-electron chi connectivity index (χ2n) is 4.62. The number of rotatable bonds is 2. The molecule has 0 fully saturated rings. The Morgan fingerprint density at radius 2 is 2.05 bits per heavy atom.